The van der Waals surface area contributed by atoms with E-state index < -0.39 is 0 Å². The number of anilines is 1. The summed E-state index contributed by atoms with van der Waals surface area (Å²) in [5, 5.41) is 2.77. The quantitative estimate of drug-likeness (QED) is 0.818. The zero-order valence-corrected chi connectivity index (χ0v) is 14.7. The minimum Gasteiger partial charge on any atom is -0.339 e. The van der Waals surface area contributed by atoms with Crippen molar-refractivity contribution in [2.45, 2.75) is 20.8 Å². The Bertz CT molecular complexity index is 761. The van der Waals surface area contributed by atoms with Gasteiger partial charge in [-0.25, -0.2) is 0 Å². The minimum absolute atomic E-state index is 0.0219. The average Bonchev–Trinajstić information content (AvgIpc) is 2.63. The summed E-state index contributed by atoms with van der Waals surface area (Å²) in [6.07, 6.45) is 0. The number of hydrogen-bond donors (Lipinski definition) is 1. The zero-order chi connectivity index (χ0) is 18.4. The first kappa shape index (κ1) is 18.4. The molecule has 0 aliphatic rings. The van der Waals surface area contributed by atoms with Gasteiger partial charge in [-0.3, -0.25) is 14.4 Å². The molecule has 0 aromatic heterocycles. The smallest absolute Gasteiger partial charge is 0.255 e. The molecule has 1 N–H and O–H groups in total. The van der Waals surface area contributed by atoms with Gasteiger partial charge in [-0.15, -0.1) is 0 Å². The van der Waals surface area contributed by atoms with Gasteiger partial charge < -0.3 is 10.2 Å². The molecule has 0 bridgehead atoms. The maximum atomic E-state index is 12.3. The standard InChI is InChI=1S/C20H22N2O3/c1-4-22(5-2)20(25)17-8-6-16(7-9-17)19(24)21-18-12-10-15(11-13-18)14(3)23/h6-13H,4-5H2,1-3H3,(H,21,24). The van der Waals surface area contributed by atoms with Crippen LogP contribution in [0.3, 0.4) is 0 Å². The lowest BCUT2D eigenvalue weighted by Gasteiger charge is -2.18. The van der Waals surface area contributed by atoms with E-state index in [1.54, 1.807) is 53.4 Å². The van der Waals surface area contributed by atoms with E-state index in [1.807, 2.05) is 13.8 Å². The first-order valence-corrected chi connectivity index (χ1v) is 8.28. The van der Waals surface area contributed by atoms with Gasteiger partial charge >= 0.3 is 0 Å². The number of nitrogens with one attached hydrogen (secondary N) is 1. The Morgan fingerprint density at radius 2 is 1.28 bits per heavy atom. The van der Waals surface area contributed by atoms with Crippen molar-refractivity contribution in [3.8, 4) is 0 Å². The molecule has 5 heteroatoms. The van der Waals surface area contributed by atoms with Gasteiger partial charge in [0.15, 0.2) is 5.78 Å². The first-order valence-electron chi connectivity index (χ1n) is 8.28. The molecule has 25 heavy (non-hydrogen) atoms. The molecule has 0 spiro atoms. The van der Waals surface area contributed by atoms with Crippen LogP contribution in [0.5, 0.6) is 0 Å². The van der Waals surface area contributed by atoms with Gasteiger partial charge in [-0.2, -0.15) is 0 Å². The fourth-order valence-corrected chi connectivity index (χ4v) is 2.45. The van der Waals surface area contributed by atoms with Crippen molar-refractivity contribution in [3.05, 3.63) is 65.2 Å². The molecule has 2 aromatic carbocycles. The van der Waals surface area contributed by atoms with Crippen molar-refractivity contribution in [2.75, 3.05) is 18.4 Å². The van der Waals surface area contributed by atoms with Gasteiger partial charge in [0.05, 0.1) is 0 Å². The van der Waals surface area contributed by atoms with Crippen molar-refractivity contribution >= 4 is 23.3 Å². The monoisotopic (exact) mass is 338 g/mol. The Labute approximate surface area is 147 Å². The summed E-state index contributed by atoms with van der Waals surface area (Å²) in [4.78, 5) is 37.5. The highest BCUT2D eigenvalue weighted by Gasteiger charge is 2.13. The number of amides is 2. The van der Waals surface area contributed by atoms with E-state index in [2.05, 4.69) is 5.32 Å². The lowest BCUT2D eigenvalue weighted by Crippen LogP contribution is -2.30. The Balaban J connectivity index is 2.07. The number of nitrogens with zero attached hydrogens (tertiary/aromatic N) is 1. The second-order valence-corrected chi connectivity index (χ2v) is 5.64. The summed E-state index contributed by atoms with van der Waals surface area (Å²) in [5.74, 6) is -0.333. The van der Waals surface area contributed by atoms with Crippen molar-refractivity contribution in [1.29, 1.82) is 0 Å². The van der Waals surface area contributed by atoms with Gasteiger partial charge in [0, 0.05) is 35.5 Å². The summed E-state index contributed by atoms with van der Waals surface area (Å²) in [5.41, 5.74) is 2.23. The normalized spacial score (nSPS) is 10.2. The van der Waals surface area contributed by atoms with Crippen LogP contribution in [0.25, 0.3) is 0 Å². The van der Waals surface area contributed by atoms with Crippen molar-refractivity contribution < 1.29 is 14.4 Å². The number of Topliss-reactive ketones (excluding diaryl/α,β-unsaturated/α-hetero) is 1. The summed E-state index contributed by atoms with van der Waals surface area (Å²) < 4.78 is 0. The predicted octanol–water partition coefficient (Wildman–Crippen LogP) is 3.62. The lowest BCUT2D eigenvalue weighted by atomic mass is 10.1. The lowest BCUT2D eigenvalue weighted by molar-refractivity contribution is 0.0772. The fourth-order valence-electron chi connectivity index (χ4n) is 2.45. The Morgan fingerprint density at radius 3 is 1.76 bits per heavy atom. The van der Waals surface area contributed by atoms with Crippen molar-refractivity contribution in [2.24, 2.45) is 0 Å². The highest BCUT2D eigenvalue weighted by atomic mass is 16.2. The summed E-state index contributed by atoms with van der Waals surface area (Å²) in [6.45, 7) is 6.65. The van der Waals surface area contributed by atoms with Gasteiger partial charge in [-0.1, -0.05) is 0 Å². The van der Waals surface area contributed by atoms with Crippen LogP contribution in [0, 0.1) is 0 Å². The maximum Gasteiger partial charge on any atom is 0.255 e. The van der Waals surface area contributed by atoms with Gasteiger partial charge in [0.25, 0.3) is 11.8 Å². The van der Waals surface area contributed by atoms with E-state index >= 15 is 0 Å². The van der Waals surface area contributed by atoms with Crippen LogP contribution in [-0.2, 0) is 0 Å². The summed E-state index contributed by atoms with van der Waals surface area (Å²) >= 11 is 0. The van der Waals surface area contributed by atoms with Gasteiger partial charge in [-0.05, 0) is 69.3 Å². The number of carbonyl (C=O) groups is 3. The molecule has 2 rings (SSSR count). The SMILES string of the molecule is CCN(CC)C(=O)c1ccc(C(=O)Nc2ccc(C(C)=O)cc2)cc1. The highest BCUT2D eigenvalue weighted by molar-refractivity contribution is 6.05. The van der Waals surface area contributed by atoms with E-state index in [-0.39, 0.29) is 17.6 Å². The van der Waals surface area contributed by atoms with Crippen LogP contribution in [0.1, 0.15) is 51.8 Å². The molecule has 130 valence electrons. The van der Waals surface area contributed by atoms with E-state index in [0.717, 1.165) is 0 Å². The molecule has 0 aliphatic heterocycles. The van der Waals surface area contributed by atoms with Crippen molar-refractivity contribution in [3.63, 3.8) is 0 Å². The zero-order valence-electron chi connectivity index (χ0n) is 14.7. The molecule has 0 radical (unpaired) electrons. The third-order valence-electron chi connectivity index (χ3n) is 3.99. The second-order valence-electron chi connectivity index (χ2n) is 5.64. The summed E-state index contributed by atoms with van der Waals surface area (Å²) in [6, 6.07) is 13.3. The molecule has 0 unspecified atom stereocenters. The molecule has 0 saturated heterocycles. The maximum absolute atomic E-state index is 12.3. The van der Waals surface area contributed by atoms with Crippen LogP contribution < -0.4 is 5.32 Å². The molecule has 2 amide bonds. The average molecular weight is 338 g/mol. The van der Waals surface area contributed by atoms with E-state index in [0.29, 0.717) is 35.5 Å². The Morgan fingerprint density at radius 1 is 0.800 bits per heavy atom. The Hall–Kier alpha value is -2.95. The van der Waals surface area contributed by atoms with Crippen LogP contribution >= 0.6 is 0 Å². The Kier molecular flexibility index (Phi) is 6.06. The number of ketones is 1. The predicted molar refractivity (Wildman–Crippen MR) is 98.1 cm³/mol. The molecule has 2 aromatic rings. The molecule has 0 aliphatic carbocycles. The third-order valence-corrected chi connectivity index (χ3v) is 3.99. The molecule has 0 atom stereocenters. The van der Waals surface area contributed by atoms with Crippen LogP contribution in [0.2, 0.25) is 0 Å². The number of rotatable bonds is 6. The fraction of sp³-hybridized carbons (Fsp3) is 0.250. The first-order chi connectivity index (χ1) is 12.0. The molecule has 0 saturated carbocycles. The summed E-state index contributed by atoms with van der Waals surface area (Å²) in [7, 11) is 0. The van der Waals surface area contributed by atoms with Gasteiger partial charge in [0.2, 0.25) is 0 Å². The third kappa shape index (κ3) is 4.53. The van der Waals surface area contributed by atoms with Crippen LogP contribution in [-0.4, -0.2) is 35.6 Å². The van der Waals surface area contributed by atoms with Crippen LogP contribution in [0.4, 0.5) is 5.69 Å². The molecule has 0 fully saturated rings. The molecular weight excluding hydrogens is 316 g/mol. The number of hydrogen-bond acceptors (Lipinski definition) is 3. The number of carbonyl (C=O) groups excluding carboxylic acids is 3. The van der Waals surface area contributed by atoms with Crippen molar-refractivity contribution in [1.82, 2.24) is 4.90 Å². The minimum atomic E-state index is -0.266. The molecule has 0 heterocycles. The topological polar surface area (TPSA) is 66.5 Å². The highest BCUT2D eigenvalue weighted by Crippen LogP contribution is 2.13. The molecule has 5 nitrogen and oxygen atoms in total. The molecular formula is C20H22N2O3. The van der Waals surface area contributed by atoms with Gasteiger partial charge in [0.1, 0.15) is 0 Å². The van der Waals surface area contributed by atoms with E-state index in [4.69, 9.17) is 0 Å². The number of benzene rings is 2. The van der Waals surface area contributed by atoms with E-state index in [9.17, 15) is 14.4 Å². The second kappa shape index (κ2) is 8.24. The largest absolute Gasteiger partial charge is 0.339 e. The van der Waals surface area contributed by atoms with E-state index in [1.165, 1.54) is 6.92 Å². The van der Waals surface area contributed by atoms with Crippen LogP contribution in [0.15, 0.2) is 48.5 Å².